The van der Waals surface area contributed by atoms with Crippen molar-refractivity contribution in [3.05, 3.63) is 89.9 Å². The first kappa shape index (κ1) is 21.7. The van der Waals surface area contributed by atoms with E-state index in [1.54, 1.807) is 6.26 Å². The second-order valence-electron chi connectivity index (χ2n) is 7.74. The number of carbonyl (C=O) groups is 1. The molecule has 0 bridgehead atoms. The summed E-state index contributed by atoms with van der Waals surface area (Å²) in [7, 11) is 0. The summed E-state index contributed by atoms with van der Waals surface area (Å²) in [6.07, 6.45) is 3.12. The number of carbonyl (C=O) groups excluding carboxylic acids is 1. The van der Waals surface area contributed by atoms with Gasteiger partial charge in [-0.3, -0.25) is 4.79 Å². The molecule has 0 aliphatic rings. The van der Waals surface area contributed by atoms with Gasteiger partial charge >= 0.3 is 0 Å². The Bertz CT molecular complexity index is 886. The molecule has 1 heterocycles. The highest BCUT2D eigenvalue weighted by Gasteiger charge is 2.19. The zero-order valence-electron chi connectivity index (χ0n) is 18.1. The SMILES string of the molecule is CCC(=O)N(CC[C@H](c1ccccc1)c1ccc(OC(C)C)cc1)Cc1ccco1. The van der Waals surface area contributed by atoms with Gasteiger partial charge in [-0.1, -0.05) is 49.4 Å². The molecule has 0 unspecified atom stereocenters. The zero-order valence-corrected chi connectivity index (χ0v) is 18.1. The van der Waals surface area contributed by atoms with E-state index >= 15 is 0 Å². The van der Waals surface area contributed by atoms with E-state index in [2.05, 4.69) is 36.4 Å². The lowest BCUT2D eigenvalue weighted by Gasteiger charge is -2.25. The minimum absolute atomic E-state index is 0.138. The Hall–Kier alpha value is -3.01. The number of nitrogens with zero attached hydrogens (tertiary/aromatic N) is 1. The van der Waals surface area contributed by atoms with Crippen LogP contribution in [0.3, 0.4) is 0 Å². The smallest absolute Gasteiger partial charge is 0.222 e. The van der Waals surface area contributed by atoms with Gasteiger partial charge in [-0.15, -0.1) is 0 Å². The molecule has 0 N–H and O–H groups in total. The summed E-state index contributed by atoms with van der Waals surface area (Å²) >= 11 is 0. The third-order valence-electron chi connectivity index (χ3n) is 5.13. The van der Waals surface area contributed by atoms with Crippen molar-refractivity contribution in [2.45, 2.75) is 52.2 Å². The van der Waals surface area contributed by atoms with Gasteiger partial charge in [0.25, 0.3) is 0 Å². The Balaban J connectivity index is 1.79. The average Bonchev–Trinajstić information content (AvgIpc) is 3.27. The molecule has 0 saturated carbocycles. The van der Waals surface area contributed by atoms with E-state index in [4.69, 9.17) is 9.15 Å². The molecule has 0 aliphatic carbocycles. The molecule has 0 aliphatic heterocycles. The Morgan fingerprint density at radius 2 is 1.67 bits per heavy atom. The maximum atomic E-state index is 12.5. The van der Waals surface area contributed by atoms with Crippen molar-refractivity contribution in [1.29, 1.82) is 0 Å². The number of hydrogen-bond acceptors (Lipinski definition) is 3. The minimum Gasteiger partial charge on any atom is -0.491 e. The molecule has 3 rings (SSSR count). The van der Waals surface area contributed by atoms with Gasteiger partial charge in [-0.05, 0) is 55.7 Å². The molecular weight excluding hydrogens is 374 g/mol. The summed E-state index contributed by atoms with van der Waals surface area (Å²) in [5.41, 5.74) is 2.47. The molecule has 158 valence electrons. The van der Waals surface area contributed by atoms with Crippen molar-refractivity contribution in [1.82, 2.24) is 4.90 Å². The lowest BCUT2D eigenvalue weighted by molar-refractivity contribution is -0.131. The first-order chi connectivity index (χ1) is 14.6. The normalized spacial score (nSPS) is 12.0. The Kier molecular flexibility index (Phi) is 7.72. The fourth-order valence-electron chi connectivity index (χ4n) is 3.65. The number of rotatable bonds is 10. The molecule has 0 radical (unpaired) electrons. The van der Waals surface area contributed by atoms with Gasteiger partial charge in [0, 0.05) is 18.9 Å². The van der Waals surface area contributed by atoms with Crippen molar-refractivity contribution in [3.63, 3.8) is 0 Å². The number of hydrogen-bond donors (Lipinski definition) is 0. The van der Waals surface area contributed by atoms with Crippen LogP contribution in [0.4, 0.5) is 0 Å². The number of ether oxygens (including phenoxy) is 1. The van der Waals surface area contributed by atoms with Crippen LogP contribution in [0.2, 0.25) is 0 Å². The summed E-state index contributed by atoms with van der Waals surface area (Å²) in [4.78, 5) is 14.4. The molecule has 0 spiro atoms. The van der Waals surface area contributed by atoms with E-state index in [1.165, 1.54) is 11.1 Å². The van der Waals surface area contributed by atoms with Gasteiger partial charge in [0.15, 0.2) is 0 Å². The van der Waals surface area contributed by atoms with Crippen LogP contribution in [-0.4, -0.2) is 23.5 Å². The van der Waals surface area contributed by atoms with Gasteiger partial charge in [0.1, 0.15) is 11.5 Å². The van der Waals surface area contributed by atoms with Gasteiger partial charge in [-0.2, -0.15) is 0 Å². The number of amides is 1. The van der Waals surface area contributed by atoms with Crippen LogP contribution in [0.5, 0.6) is 5.75 Å². The second-order valence-corrected chi connectivity index (χ2v) is 7.74. The van der Waals surface area contributed by atoms with Crippen molar-refractivity contribution >= 4 is 5.91 Å². The van der Waals surface area contributed by atoms with Crippen LogP contribution in [0, 0.1) is 0 Å². The van der Waals surface area contributed by atoms with E-state index in [0.29, 0.717) is 19.5 Å². The lowest BCUT2D eigenvalue weighted by Crippen LogP contribution is -2.31. The quantitative estimate of drug-likeness (QED) is 0.414. The summed E-state index contributed by atoms with van der Waals surface area (Å²) in [6, 6.07) is 22.6. The summed E-state index contributed by atoms with van der Waals surface area (Å²) in [5, 5.41) is 0. The first-order valence-electron chi connectivity index (χ1n) is 10.7. The van der Waals surface area contributed by atoms with Gasteiger partial charge in [-0.25, -0.2) is 0 Å². The van der Waals surface area contributed by atoms with Crippen molar-refractivity contribution < 1.29 is 13.9 Å². The fraction of sp³-hybridized carbons (Fsp3) is 0.346. The van der Waals surface area contributed by atoms with Crippen molar-refractivity contribution in [3.8, 4) is 5.75 Å². The van der Waals surface area contributed by atoms with E-state index in [9.17, 15) is 4.79 Å². The van der Waals surface area contributed by atoms with Crippen LogP contribution in [0.15, 0.2) is 77.4 Å². The molecule has 2 aromatic carbocycles. The monoisotopic (exact) mass is 405 g/mol. The van der Waals surface area contributed by atoms with Crippen LogP contribution >= 0.6 is 0 Å². The Labute approximate surface area is 179 Å². The summed E-state index contributed by atoms with van der Waals surface area (Å²) in [5.74, 6) is 2.02. The molecule has 1 aromatic heterocycles. The van der Waals surface area contributed by atoms with Gasteiger partial charge in [0.2, 0.25) is 5.91 Å². The maximum Gasteiger partial charge on any atom is 0.222 e. The maximum absolute atomic E-state index is 12.5. The zero-order chi connectivity index (χ0) is 21.3. The first-order valence-corrected chi connectivity index (χ1v) is 10.7. The Morgan fingerprint density at radius 3 is 2.27 bits per heavy atom. The molecule has 1 atom stereocenters. The molecular formula is C26H31NO3. The standard InChI is InChI=1S/C26H31NO3/c1-4-26(28)27(19-24-11-8-18-29-24)17-16-25(21-9-6-5-7-10-21)22-12-14-23(15-13-22)30-20(2)3/h5-15,18,20,25H,4,16-17,19H2,1-3H3/t25-/m1/s1. The van der Waals surface area contributed by atoms with E-state index in [0.717, 1.165) is 17.9 Å². The average molecular weight is 406 g/mol. The second kappa shape index (κ2) is 10.7. The highest BCUT2D eigenvalue weighted by Crippen LogP contribution is 2.30. The van der Waals surface area contributed by atoms with Gasteiger partial charge in [0.05, 0.1) is 18.9 Å². The number of furan rings is 1. The van der Waals surface area contributed by atoms with Crippen LogP contribution in [-0.2, 0) is 11.3 Å². The number of benzene rings is 2. The third-order valence-corrected chi connectivity index (χ3v) is 5.13. The van der Waals surface area contributed by atoms with Crippen molar-refractivity contribution in [2.75, 3.05) is 6.54 Å². The minimum atomic E-state index is 0.138. The summed E-state index contributed by atoms with van der Waals surface area (Å²) < 4.78 is 11.3. The predicted octanol–water partition coefficient (Wildman–Crippen LogP) is 6.03. The largest absolute Gasteiger partial charge is 0.491 e. The fourth-order valence-corrected chi connectivity index (χ4v) is 3.65. The predicted molar refractivity (Wildman–Crippen MR) is 120 cm³/mol. The molecule has 4 nitrogen and oxygen atoms in total. The summed E-state index contributed by atoms with van der Waals surface area (Å²) in [6.45, 7) is 7.12. The van der Waals surface area contributed by atoms with E-state index < -0.39 is 0 Å². The highest BCUT2D eigenvalue weighted by molar-refractivity contribution is 5.75. The third kappa shape index (κ3) is 5.99. The Morgan fingerprint density at radius 1 is 0.967 bits per heavy atom. The van der Waals surface area contributed by atoms with E-state index in [1.807, 2.05) is 56.0 Å². The van der Waals surface area contributed by atoms with E-state index in [-0.39, 0.29) is 17.9 Å². The molecule has 0 saturated heterocycles. The molecule has 1 amide bonds. The molecule has 0 fully saturated rings. The molecule has 30 heavy (non-hydrogen) atoms. The topological polar surface area (TPSA) is 42.7 Å². The lowest BCUT2D eigenvalue weighted by atomic mass is 9.88. The molecule has 3 aromatic rings. The molecule has 4 heteroatoms. The van der Waals surface area contributed by atoms with Gasteiger partial charge < -0.3 is 14.1 Å². The van der Waals surface area contributed by atoms with Crippen LogP contribution in [0.1, 0.15) is 56.4 Å². The van der Waals surface area contributed by atoms with Crippen LogP contribution in [0.25, 0.3) is 0 Å². The van der Waals surface area contributed by atoms with Crippen LogP contribution < -0.4 is 4.74 Å². The van der Waals surface area contributed by atoms with Crippen molar-refractivity contribution in [2.24, 2.45) is 0 Å². The highest BCUT2D eigenvalue weighted by atomic mass is 16.5.